The molecule has 12 heteroatoms. The predicted molar refractivity (Wildman–Crippen MR) is 181 cm³/mol. The number of urea groups is 1. The second-order valence-electron chi connectivity index (χ2n) is 11.2. The quantitative estimate of drug-likeness (QED) is 0.133. The fraction of sp³-hybridized carbons (Fsp3) is 0.286. The van der Waals surface area contributed by atoms with Gasteiger partial charge in [0.2, 0.25) is 5.95 Å². The normalized spacial score (nSPS) is 11.4. The number of benzene rings is 1. The van der Waals surface area contributed by atoms with Gasteiger partial charge in [-0.2, -0.15) is 10.4 Å². The lowest BCUT2D eigenvalue weighted by Gasteiger charge is -2.32. The van der Waals surface area contributed by atoms with Gasteiger partial charge in [0, 0.05) is 50.2 Å². The van der Waals surface area contributed by atoms with Crippen LogP contribution in [0.5, 0.6) is 0 Å². The van der Waals surface area contributed by atoms with Crippen LogP contribution in [-0.4, -0.2) is 48.3 Å². The van der Waals surface area contributed by atoms with Gasteiger partial charge in [-0.15, -0.1) is 0 Å². The Morgan fingerprint density at radius 3 is 2.62 bits per heavy atom. The van der Waals surface area contributed by atoms with Gasteiger partial charge in [0.25, 0.3) is 5.56 Å². The van der Waals surface area contributed by atoms with E-state index < -0.39 is 0 Å². The average molecular weight is 631 g/mol. The maximum atomic E-state index is 13.8. The van der Waals surface area contributed by atoms with Crippen LogP contribution in [-0.2, 0) is 13.6 Å². The van der Waals surface area contributed by atoms with Crippen LogP contribution in [0.15, 0.2) is 90.2 Å². The number of rotatable bonds is 14. The minimum absolute atomic E-state index is 0.0643. The Labute approximate surface area is 273 Å². The molecule has 2 amide bonds. The molecule has 47 heavy (non-hydrogen) atoms. The molecular formula is C35H38N10O2. The number of aromatic amines is 1. The Bertz CT molecular complexity index is 1850. The first-order valence-electron chi connectivity index (χ1n) is 15.7. The second kappa shape index (κ2) is 15.9. The van der Waals surface area contributed by atoms with Gasteiger partial charge < -0.3 is 15.2 Å². The Hall–Kier alpha value is -5.83. The standard InChI is InChI=1S/C35H38N10O2/c1-3-9-28(12-7-8-17-37-34-39-23-27(21-36)33(42-34)31-15-18-41-43-31)45(35(47)40-22-25-10-5-4-6-11-25)29-13-14-30(38-24-29)26-16-19-44(2)32(46)20-26/h4-6,10-11,13-16,18-20,23-24,28H,3,7-9,12,17,22H2,1-2H3,(H,40,47)(H,41,43)(H,37,39,42). The van der Waals surface area contributed by atoms with Crippen LogP contribution in [0.3, 0.4) is 0 Å². The number of aromatic nitrogens is 6. The van der Waals surface area contributed by atoms with Crippen LogP contribution in [0.1, 0.15) is 50.2 Å². The highest BCUT2D eigenvalue weighted by Gasteiger charge is 2.25. The van der Waals surface area contributed by atoms with E-state index >= 15 is 0 Å². The van der Waals surface area contributed by atoms with Crippen LogP contribution in [0.2, 0.25) is 0 Å². The predicted octanol–water partition coefficient (Wildman–Crippen LogP) is 5.67. The van der Waals surface area contributed by atoms with E-state index in [1.165, 1.54) is 10.8 Å². The van der Waals surface area contributed by atoms with Crippen molar-refractivity contribution in [1.82, 2.24) is 35.0 Å². The number of hydrogen-bond donors (Lipinski definition) is 3. The third kappa shape index (κ3) is 8.46. The molecule has 0 saturated heterocycles. The highest BCUT2D eigenvalue weighted by atomic mass is 16.2. The highest BCUT2D eigenvalue weighted by Crippen LogP contribution is 2.26. The molecule has 0 aliphatic rings. The molecule has 0 aliphatic heterocycles. The molecule has 1 atom stereocenters. The zero-order valence-electron chi connectivity index (χ0n) is 26.6. The van der Waals surface area contributed by atoms with E-state index in [-0.39, 0.29) is 17.6 Å². The molecule has 1 aromatic carbocycles. The average Bonchev–Trinajstić information content (AvgIpc) is 3.64. The van der Waals surface area contributed by atoms with Crippen molar-refractivity contribution in [1.29, 1.82) is 5.26 Å². The van der Waals surface area contributed by atoms with E-state index in [1.54, 1.807) is 37.8 Å². The molecule has 5 aromatic rings. The minimum Gasteiger partial charge on any atom is -0.354 e. The van der Waals surface area contributed by atoms with Gasteiger partial charge in [-0.25, -0.2) is 14.8 Å². The summed E-state index contributed by atoms with van der Waals surface area (Å²) in [6.07, 6.45) is 10.7. The molecule has 1 unspecified atom stereocenters. The lowest BCUT2D eigenvalue weighted by Crippen LogP contribution is -2.46. The number of carbonyl (C=O) groups is 1. The summed E-state index contributed by atoms with van der Waals surface area (Å²) in [4.78, 5) is 41.3. The summed E-state index contributed by atoms with van der Waals surface area (Å²) < 4.78 is 1.51. The molecule has 0 fully saturated rings. The van der Waals surface area contributed by atoms with Gasteiger partial charge in [-0.3, -0.25) is 19.8 Å². The van der Waals surface area contributed by atoms with Gasteiger partial charge in [-0.1, -0.05) is 43.7 Å². The number of pyridine rings is 2. The number of H-pyrrole nitrogens is 1. The van der Waals surface area contributed by atoms with Gasteiger partial charge >= 0.3 is 6.03 Å². The Kier molecular flexibility index (Phi) is 11.0. The number of hydrogen-bond acceptors (Lipinski definition) is 8. The van der Waals surface area contributed by atoms with Crippen molar-refractivity contribution in [2.45, 2.75) is 51.6 Å². The molecule has 0 bridgehead atoms. The third-order valence-corrected chi connectivity index (χ3v) is 7.83. The zero-order valence-corrected chi connectivity index (χ0v) is 26.6. The molecular weight excluding hydrogens is 592 g/mol. The summed E-state index contributed by atoms with van der Waals surface area (Å²) >= 11 is 0. The number of amides is 2. The Balaban J connectivity index is 1.28. The summed E-state index contributed by atoms with van der Waals surface area (Å²) in [5.74, 6) is 0.433. The van der Waals surface area contributed by atoms with Crippen molar-refractivity contribution in [3.8, 4) is 28.7 Å². The number of nitrogens with one attached hydrogen (secondary N) is 3. The number of nitrogens with zero attached hydrogens (tertiary/aromatic N) is 7. The van der Waals surface area contributed by atoms with Gasteiger partial charge in [-0.05, 0) is 55.5 Å². The first kappa shape index (κ1) is 32.6. The molecule has 240 valence electrons. The van der Waals surface area contributed by atoms with Gasteiger partial charge in [0.05, 0.1) is 35.0 Å². The highest BCUT2D eigenvalue weighted by molar-refractivity contribution is 5.92. The van der Waals surface area contributed by atoms with E-state index in [1.807, 2.05) is 53.4 Å². The summed E-state index contributed by atoms with van der Waals surface area (Å²) in [5.41, 5.74) is 4.48. The van der Waals surface area contributed by atoms with Crippen molar-refractivity contribution in [2.75, 3.05) is 16.8 Å². The maximum absolute atomic E-state index is 13.8. The minimum atomic E-state index is -0.189. The van der Waals surface area contributed by atoms with E-state index in [0.29, 0.717) is 47.4 Å². The zero-order chi connectivity index (χ0) is 33.0. The first-order valence-corrected chi connectivity index (χ1v) is 15.7. The summed E-state index contributed by atoms with van der Waals surface area (Å²) in [5, 5.41) is 22.6. The van der Waals surface area contributed by atoms with Crippen molar-refractivity contribution in [2.24, 2.45) is 7.05 Å². The Morgan fingerprint density at radius 1 is 1.06 bits per heavy atom. The fourth-order valence-corrected chi connectivity index (χ4v) is 5.34. The second-order valence-corrected chi connectivity index (χ2v) is 11.2. The number of anilines is 2. The monoisotopic (exact) mass is 630 g/mol. The third-order valence-electron chi connectivity index (χ3n) is 7.83. The van der Waals surface area contributed by atoms with Crippen molar-refractivity contribution in [3.63, 3.8) is 0 Å². The van der Waals surface area contributed by atoms with E-state index in [9.17, 15) is 14.9 Å². The Morgan fingerprint density at radius 2 is 1.91 bits per heavy atom. The lowest BCUT2D eigenvalue weighted by molar-refractivity contribution is 0.242. The van der Waals surface area contributed by atoms with Crippen LogP contribution in [0, 0.1) is 11.3 Å². The van der Waals surface area contributed by atoms with Crippen molar-refractivity contribution in [3.05, 3.63) is 107 Å². The van der Waals surface area contributed by atoms with E-state index in [4.69, 9.17) is 0 Å². The molecule has 12 nitrogen and oxygen atoms in total. The largest absolute Gasteiger partial charge is 0.354 e. The number of aryl methyl sites for hydroxylation is 1. The molecule has 0 radical (unpaired) electrons. The number of nitriles is 1. The first-order chi connectivity index (χ1) is 23.0. The van der Waals surface area contributed by atoms with Crippen molar-refractivity contribution >= 4 is 17.7 Å². The van der Waals surface area contributed by atoms with Crippen molar-refractivity contribution < 1.29 is 4.79 Å². The van der Waals surface area contributed by atoms with E-state index in [2.05, 4.69) is 48.8 Å². The number of unbranched alkanes of at least 4 members (excludes halogenated alkanes) is 1. The van der Waals surface area contributed by atoms with Crippen LogP contribution < -0.4 is 21.1 Å². The molecule has 0 spiro atoms. The topological polar surface area (TPSA) is 158 Å². The summed E-state index contributed by atoms with van der Waals surface area (Å²) in [6, 6.07) is 20.6. The molecule has 3 N–H and O–H groups in total. The molecule has 5 rings (SSSR count). The number of carbonyl (C=O) groups excluding carboxylic acids is 1. The lowest BCUT2D eigenvalue weighted by atomic mass is 10.0. The fourth-order valence-electron chi connectivity index (χ4n) is 5.34. The summed E-state index contributed by atoms with van der Waals surface area (Å²) in [6.45, 7) is 3.15. The molecule has 0 saturated carbocycles. The smallest absolute Gasteiger partial charge is 0.322 e. The van der Waals surface area contributed by atoms with E-state index in [0.717, 1.165) is 43.2 Å². The molecule has 0 aliphatic carbocycles. The van der Waals surface area contributed by atoms with Gasteiger partial charge in [0.1, 0.15) is 11.8 Å². The maximum Gasteiger partial charge on any atom is 0.322 e. The van der Waals surface area contributed by atoms with Gasteiger partial charge in [0.15, 0.2) is 0 Å². The van der Waals surface area contributed by atoms with Crippen LogP contribution in [0.4, 0.5) is 16.4 Å². The SMILES string of the molecule is CCCC(CCCCNc1ncc(C#N)c(-c2ccn[nH]2)n1)N(C(=O)NCc1ccccc1)c1ccc(-c2ccn(C)c(=O)c2)nc1. The summed E-state index contributed by atoms with van der Waals surface area (Å²) in [7, 11) is 1.71. The molecule has 4 aromatic heterocycles. The van der Waals surface area contributed by atoms with Crippen LogP contribution >= 0.6 is 0 Å². The molecule has 4 heterocycles. The van der Waals surface area contributed by atoms with Crippen LogP contribution in [0.25, 0.3) is 22.6 Å².